The number of nitrogens with one attached hydrogen (secondary N) is 1. The van der Waals surface area contributed by atoms with Crippen LogP contribution < -0.4 is 9.73 Å². The smallest absolute Gasteiger partial charge is 0.260 e. The van der Waals surface area contributed by atoms with Crippen LogP contribution in [-0.2, 0) is 14.8 Å². The maximum absolute atomic E-state index is 12.0. The minimum absolute atomic E-state index is 0.306. The molecule has 0 spiro atoms. The molecule has 1 N–H and O–H groups in total. The standard InChI is InChI=1S/C14H21N3O3S/c1-10(2)15-16-14(18)9-17(21(5,19)20)13-7-6-11(3)8-12(13)4/h6-8H,9H2,1-5H3,(H,16,18). The van der Waals surface area contributed by atoms with Crippen molar-refractivity contribution in [3.8, 4) is 0 Å². The lowest BCUT2D eigenvalue weighted by Crippen LogP contribution is -2.39. The largest absolute Gasteiger partial charge is 0.271 e. The molecule has 0 unspecified atom stereocenters. The van der Waals surface area contributed by atoms with Gasteiger partial charge in [0.25, 0.3) is 5.91 Å². The van der Waals surface area contributed by atoms with Crippen molar-refractivity contribution >= 4 is 27.3 Å². The van der Waals surface area contributed by atoms with Gasteiger partial charge in [0.1, 0.15) is 6.54 Å². The van der Waals surface area contributed by atoms with Gasteiger partial charge in [-0.25, -0.2) is 13.8 Å². The molecule has 0 fully saturated rings. The minimum Gasteiger partial charge on any atom is -0.271 e. The van der Waals surface area contributed by atoms with E-state index in [4.69, 9.17) is 0 Å². The molecule has 0 heterocycles. The third-order valence-electron chi connectivity index (χ3n) is 2.71. The number of nitrogens with zero attached hydrogens (tertiary/aromatic N) is 2. The molecule has 116 valence electrons. The Morgan fingerprint density at radius 2 is 1.90 bits per heavy atom. The van der Waals surface area contributed by atoms with Gasteiger partial charge in [-0.05, 0) is 39.3 Å². The third-order valence-corrected chi connectivity index (χ3v) is 3.84. The molecule has 0 atom stereocenters. The first-order valence-corrected chi connectivity index (χ1v) is 8.31. The van der Waals surface area contributed by atoms with E-state index < -0.39 is 15.9 Å². The molecule has 0 aliphatic heterocycles. The van der Waals surface area contributed by atoms with Gasteiger partial charge < -0.3 is 0 Å². The third kappa shape index (κ3) is 5.18. The summed E-state index contributed by atoms with van der Waals surface area (Å²) in [6, 6.07) is 5.39. The molecule has 0 aromatic heterocycles. The number of hydrogen-bond acceptors (Lipinski definition) is 4. The average molecular weight is 311 g/mol. The van der Waals surface area contributed by atoms with Crippen LogP contribution in [-0.4, -0.2) is 32.8 Å². The van der Waals surface area contributed by atoms with Crippen LogP contribution in [0, 0.1) is 13.8 Å². The Bertz CT molecular complexity index is 662. The maximum Gasteiger partial charge on any atom is 0.260 e. The van der Waals surface area contributed by atoms with Gasteiger partial charge in [0.2, 0.25) is 10.0 Å². The first kappa shape index (κ1) is 17.2. The highest BCUT2D eigenvalue weighted by atomic mass is 32.2. The summed E-state index contributed by atoms with van der Waals surface area (Å²) in [6.07, 6.45) is 1.08. The summed E-state index contributed by atoms with van der Waals surface area (Å²) in [5.41, 5.74) is 5.33. The molecule has 1 aromatic carbocycles. The molecule has 1 amide bonds. The monoisotopic (exact) mass is 311 g/mol. The summed E-state index contributed by atoms with van der Waals surface area (Å²) in [5.74, 6) is -0.485. The van der Waals surface area contributed by atoms with Crippen molar-refractivity contribution in [2.45, 2.75) is 27.7 Å². The van der Waals surface area contributed by atoms with Crippen LogP contribution in [0.3, 0.4) is 0 Å². The molecule has 7 heteroatoms. The quantitative estimate of drug-likeness (QED) is 0.662. The molecule has 1 rings (SSSR count). The number of amides is 1. The van der Waals surface area contributed by atoms with Crippen molar-refractivity contribution in [1.82, 2.24) is 5.43 Å². The van der Waals surface area contributed by atoms with Crippen molar-refractivity contribution in [2.24, 2.45) is 5.10 Å². The van der Waals surface area contributed by atoms with Crippen molar-refractivity contribution in [1.29, 1.82) is 0 Å². The van der Waals surface area contributed by atoms with Gasteiger partial charge in [0.15, 0.2) is 0 Å². The molecule has 0 saturated heterocycles. The molecule has 0 aliphatic rings. The second kappa shape index (κ2) is 6.71. The lowest BCUT2D eigenvalue weighted by molar-refractivity contribution is -0.119. The van der Waals surface area contributed by atoms with Crippen LogP contribution in [0.25, 0.3) is 0 Å². The molecule has 0 bridgehead atoms. The Balaban J connectivity index is 3.08. The van der Waals surface area contributed by atoms with E-state index in [1.807, 2.05) is 26.0 Å². The van der Waals surface area contributed by atoms with Crippen molar-refractivity contribution in [2.75, 3.05) is 17.1 Å². The predicted octanol–water partition coefficient (Wildman–Crippen LogP) is 1.58. The van der Waals surface area contributed by atoms with Crippen LogP contribution >= 0.6 is 0 Å². The Morgan fingerprint density at radius 3 is 2.38 bits per heavy atom. The zero-order valence-corrected chi connectivity index (χ0v) is 13.8. The minimum atomic E-state index is -3.56. The first-order valence-electron chi connectivity index (χ1n) is 6.46. The van der Waals surface area contributed by atoms with Gasteiger partial charge in [0, 0.05) is 5.71 Å². The molecule has 0 saturated carbocycles. The van der Waals surface area contributed by atoms with Crippen molar-refractivity contribution in [3.63, 3.8) is 0 Å². The van der Waals surface area contributed by atoms with Gasteiger partial charge >= 0.3 is 0 Å². The van der Waals surface area contributed by atoms with Gasteiger partial charge in [-0.15, -0.1) is 0 Å². The van der Waals surface area contributed by atoms with E-state index in [2.05, 4.69) is 10.5 Å². The van der Waals surface area contributed by atoms with E-state index in [9.17, 15) is 13.2 Å². The molecule has 0 radical (unpaired) electrons. The zero-order valence-electron chi connectivity index (χ0n) is 13.0. The summed E-state index contributed by atoms with van der Waals surface area (Å²) in [4.78, 5) is 11.8. The Kier molecular flexibility index (Phi) is 5.48. The summed E-state index contributed by atoms with van der Waals surface area (Å²) >= 11 is 0. The van der Waals surface area contributed by atoms with Crippen LogP contribution in [0.15, 0.2) is 23.3 Å². The van der Waals surface area contributed by atoms with Crippen LogP contribution in [0.1, 0.15) is 25.0 Å². The van der Waals surface area contributed by atoms with Gasteiger partial charge in [-0.1, -0.05) is 17.7 Å². The van der Waals surface area contributed by atoms with E-state index in [0.29, 0.717) is 11.4 Å². The fraction of sp³-hybridized carbons (Fsp3) is 0.429. The number of anilines is 1. The number of carbonyl (C=O) groups excluding carboxylic acids is 1. The highest BCUT2D eigenvalue weighted by Crippen LogP contribution is 2.23. The number of benzene rings is 1. The average Bonchev–Trinajstić information content (AvgIpc) is 2.33. The van der Waals surface area contributed by atoms with Crippen LogP contribution in [0.5, 0.6) is 0 Å². The Labute approximate surface area is 125 Å². The second-order valence-corrected chi connectivity index (χ2v) is 7.06. The van der Waals surface area contributed by atoms with Gasteiger partial charge in [0.05, 0.1) is 11.9 Å². The highest BCUT2D eigenvalue weighted by Gasteiger charge is 2.22. The summed E-state index contributed by atoms with van der Waals surface area (Å²) in [7, 11) is -3.56. The topological polar surface area (TPSA) is 78.8 Å². The van der Waals surface area contributed by atoms with Gasteiger partial charge in [-0.2, -0.15) is 5.10 Å². The number of hydrazone groups is 1. The summed E-state index contributed by atoms with van der Waals surface area (Å²) in [5, 5.41) is 3.79. The molecule has 0 aliphatic carbocycles. The number of rotatable bonds is 5. The Morgan fingerprint density at radius 1 is 1.29 bits per heavy atom. The number of hydrogen-bond donors (Lipinski definition) is 1. The normalized spacial score (nSPS) is 10.9. The van der Waals surface area contributed by atoms with E-state index in [0.717, 1.165) is 21.7 Å². The Hall–Kier alpha value is -1.89. The van der Waals surface area contributed by atoms with Gasteiger partial charge in [-0.3, -0.25) is 9.10 Å². The highest BCUT2D eigenvalue weighted by molar-refractivity contribution is 7.92. The summed E-state index contributed by atoms with van der Waals surface area (Å²) < 4.78 is 25.0. The van der Waals surface area contributed by atoms with Crippen molar-refractivity contribution in [3.05, 3.63) is 29.3 Å². The second-order valence-electron chi connectivity index (χ2n) is 5.15. The fourth-order valence-electron chi connectivity index (χ4n) is 1.81. The van der Waals surface area contributed by atoms with E-state index in [1.165, 1.54) is 0 Å². The molecule has 1 aromatic rings. The van der Waals surface area contributed by atoms with Crippen LogP contribution in [0.4, 0.5) is 5.69 Å². The van der Waals surface area contributed by atoms with Crippen LogP contribution in [0.2, 0.25) is 0 Å². The maximum atomic E-state index is 12.0. The van der Waals surface area contributed by atoms with E-state index in [-0.39, 0.29) is 6.54 Å². The molecular formula is C14H21N3O3S. The van der Waals surface area contributed by atoms with E-state index in [1.54, 1.807) is 19.9 Å². The fourth-order valence-corrected chi connectivity index (χ4v) is 2.72. The summed E-state index contributed by atoms with van der Waals surface area (Å²) in [6.45, 7) is 6.90. The SMILES string of the molecule is CC(C)=NNC(=O)CN(c1ccc(C)cc1C)S(C)(=O)=O. The van der Waals surface area contributed by atoms with Crippen molar-refractivity contribution < 1.29 is 13.2 Å². The molecule has 6 nitrogen and oxygen atoms in total. The predicted molar refractivity (Wildman–Crippen MR) is 85.0 cm³/mol. The number of carbonyl (C=O) groups is 1. The van der Waals surface area contributed by atoms with E-state index >= 15 is 0 Å². The molecule has 21 heavy (non-hydrogen) atoms. The first-order chi connectivity index (χ1) is 9.61. The lowest BCUT2D eigenvalue weighted by atomic mass is 10.1. The molecular weight excluding hydrogens is 290 g/mol. The zero-order chi connectivity index (χ0) is 16.2. The number of aryl methyl sites for hydroxylation is 2. The lowest BCUT2D eigenvalue weighted by Gasteiger charge is -2.23. The number of sulfonamides is 1.